The number of phenolic OH excluding ortho intramolecular Hbond substituents is 1. The first kappa shape index (κ1) is 13.2. The molecule has 0 fully saturated rings. The summed E-state index contributed by atoms with van der Waals surface area (Å²) in [5.41, 5.74) is 3.16. The lowest BCUT2D eigenvalue weighted by atomic mass is 10.2. The molecule has 0 aliphatic heterocycles. The van der Waals surface area contributed by atoms with Gasteiger partial charge in [0, 0.05) is 12.6 Å². The smallest absolute Gasteiger partial charge is 0.186 e. The lowest BCUT2D eigenvalue weighted by Gasteiger charge is -2.07. The molecule has 3 N–H and O–H groups in total. The fourth-order valence-electron chi connectivity index (χ4n) is 1.13. The molecule has 0 aromatic heterocycles. The first-order valence-electron chi connectivity index (χ1n) is 5.14. The highest BCUT2D eigenvalue weighted by atomic mass is 32.1. The molecule has 6 heteroatoms. The van der Waals surface area contributed by atoms with Crippen molar-refractivity contribution in [2.75, 3.05) is 13.7 Å². The Balaban J connectivity index is 2.77. The van der Waals surface area contributed by atoms with Crippen molar-refractivity contribution in [2.45, 2.75) is 6.92 Å². The Morgan fingerprint density at radius 2 is 2.35 bits per heavy atom. The summed E-state index contributed by atoms with van der Waals surface area (Å²) in [5.74, 6) is 0.503. The SMILES string of the molecule is CCOc1cccc(C=NNC(=S)NC)c1O. The van der Waals surface area contributed by atoms with E-state index in [2.05, 4.69) is 15.8 Å². The Bertz CT molecular complexity index is 421. The Hall–Kier alpha value is -1.82. The van der Waals surface area contributed by atoms with Crippen LogP contribution >= 0.6 is 12.2 Å². The predicted molar refractivity (Wildman–Crippen MR) is 71.7 cm³/mol. The maximum Gasteiger partial charge on any atom is 0.186 e. The molecule has 0 saturated heterocycles. The highest BCUT2D eigenvalue weighted by Gasteiger charge is 2.05. The van der Waals surface area contributed by atoms with E-state index in [0.717, 1.165) is 0 Å². The van der Waals surface area contributed by atoms with Crippen LogP contribution in [0.4, 0.5) is 0 Å². The zero-order valence-corrected chi connectivity index (χ0v) is 10.5. The number of phenols is 1. The molecule has 1 aromatic rings. The van der Waals surface area contributed by atoms with Crippen LogP contribution in [0.15, 0.2) is 23.3 Å². The monoisotopic (exact) mass is 253 g/mol. The maximum atomic E-state index is 9.85. The molecular formula is C11H15N3O2S. The standard InChI is InChI=1S/C11H15N3O2S/c1-3-16-9-6-4-5-8(10(9)15)7-13-14-11(17)12-2/h4-7,15H,3H2,1-2H3,(H2,12,14,17). The van der Waals surface area contributed by atoms with E-state index < -0.39 is 0 Å². The van der Waals surface area contributed by atoms with Gasteiger partial charge >= 0.3 is 0 Å². The van der Waals surface area contributed by atoms with Gasteiger partial charge in [0.25, 0.3) is 0 Å². The molecule has 17 heavy (non-hydrogen) atoms. The summed E-state index contributed by atoms with van der Waals surface area (Å²) in [6, 6.07) is 5.20. The van der Waals surface area contributed by atoms with Crippen LogP contribution in [0.2, 0.25) is 0 Å². The lowest BCUT2D eigenvalue weighted by Crippen LogP contribution is -2.28. The van der Waals surface area contributed by atoms with Gasteiger partial charge in [-0.1, -0.05) is 6.07 Å². The van der Waals surface area contributed by atoms with Crippen molar-refractivity contribution in [3.63, 3.8) is 0 Å². The average Bonchev–Trinajstić information content (AvgIpc) is 2.33. The zero-order valence-electron chi connectivity index (χ0n) is 9.73. The summed E-state index contributed by atoms with van der Waals surface area (Å²) >= 11 is 4.85. The molecule has 0 saturated carbocycles. The summed E-state index contributed by atoms with van der Waals surface area (Å²) in [5, 5.41) is 16.9. The lowest BCUT2D eigenvalue weighted by molar-refractivity contribution is 0.318. The third-order valence-electron chi connectivity index (χ3n) is 1.93. The largest absolute Gasteiger partial charge is 0.504 e. The van der Waals surface area contributed by atoms with Gasteiger partial charge in [0.15, 0.2) is 16.6 Å². The first-order chi connectivity index (χ1) is 8.19. The summed E-state index contributed by atoms with van der Waals surface area (Å²) in [7, 11) is 1.69. The molecule has 0 aliphatic rings. The number of hydrazone groups is 1. The number of hydrogen-bond acceptors (Lipinski definition) is 4. The minimum atomic E-state index is 0.0651. The molecule has 0 amide bonds. The van der Waals surface area contributed by atoms with Crippen molar-refractivity contribution >= 4 is 23.5 Å². The van der Waals surface area contributed by atoms with Crippen molar-refractivity contribution in [3.8, 4) is 11.5 Å². The van der Waals surface area contributed by atoms with Crippen LogP contribution in [-0.2, 0) is 0 Å². The molecule has 0 atom stereocenters. The molecule has 1 aromatic carbocycles. The number of para-hydroxylation sites is 1. The topological polar surface area (TPSA) is 65.9 Å². The number of benzene rings is 1. The van der Waals surface area contributed by atoms with Gasteiger partial charge in [-0.2, -0.15) is 5.10 Å². The number of thiocarbonyl (C=S) groups is 1. The van der Waals surface area contributed by atoms with E-state index in [9.17, 15) is 5.11 Å². The molecule has 0 aliphatic carbocycles. The Morgan fingerprint density at radius 1 is 1.59 bits per heavy atom. The van der Waals surface area contributed by atoms with Crippen LogP contribution in [0.1, 0.15) is 12.5 Å². The molecule has 0 unspecified atom stereocenters. The van der Waals surface area contributed by atoms with Crippen LogP contribution in [-0.4, -0.2) is 30.1 Å². The van der Waals surface area contributed by atoms with Crippen molar-refractivity contribution in [1.29, 1.82) is 0 Å². The van der Waals surface area contributed by atoms with E-state index in [1.165, 1.54) is 6.21 Å². The molecule has 0 heterocycles. The third kappa shape index (κ3) is 3.92. The van der Waals surface area contributed by atoms with Crippen molar-refractivity contribution in [3.05, 3.63) is 23.8 Å². The average molecular weight is 253 g/mol. The van der Waals surface area contributed by atoms with Crippen molar-refractivity contribution < 1.29 is 9.84 Å². The van der Waals surface area contributed by atoms with Gasteiger partial charge in [-0.15, -0.1) is 0 Å². The minimum absolute atomic E-state index is 0.0651. The Kier molecular flexibility index (Phi) is 5.22. The number of aromatic hydroxyl groups is 1. The fourth-order valence-corrected chi connectivity index (χ4v) is 1.18. The van der Waals surface area contributed by atoms with E-state index >= 15 is 0 Å². The van der Waals surface area contributed by atoms with E-state index in [-0.39, 0.29) is 5.75 Å². The van der Waals surface area contributed by atoms with E-state index in [4.69, 9.17) is 17.0 Å². The van der Waals surface area contributed by atoms with Gasteiger partial charge in [0.1, 0.15) is 0 Å². The molecule has 1 rings (SSSR count). The number of nitrogens with one attached hydrogen (secondary N) is 2. The van der Waals surface area contributed by atoms with E-state index in [1.807, 2.05) is 6.92 Å². The van der Waals surface area contributed by atoms with Crippen LogP contribution in [0.3, 0.4) is 0 Å². The van der Waals surface area contributed by atoms with Gasteiger partial charge in [0.2, 0.25) is 0 Å². The molecule has 0 spiro atoms. The van der Waals surface area contributed by atoms with Crippen LogP contribution < -0.4 is 15.5 Å². The zero-order chi connectivity index (χ0) is 12.7. The molecule has 5 nitrogen and oxygen atoms in total. The fraction of sp³-hybridized carbons (Fsp3) is 0.273. The minimum Gasteiger partial charge on any atom is -0.504 e. The van der Waals surface area contributed by atoms with Crippen LogP contribution in [0.25, 0.3) is 0 Å². The Morgan fingerprint density at radius 3 is 3.00 bits per heavy atom. The summed E-state index contributed by atoms with van der Waals surface area (Å²) in [6.07, 6.45) is 1.47. The number of rotatable bonds is 4. The van der Waals surface area contributed by atoms with E-state index in [0.29, 0.717) is 23.0 Å². The highest BCUT2D eigenvalue weighted by Crippen LogP contribution is 2.28. The summed E-state index contributed by atoms with van der Waals surface area (Å²) < 4.78 is 5.26. The second-order valence-electron chi connectivity index (χ2n) is 3.08. The third-order valence-corrected chi connectivity index (χ3v) is 2.22. The molecule has 92 valence electrons. The van der Waals surface area contributed by atoms with Crippen molar-refractivity contribution in [2.24, 2.45) is 5.10 Å². The molecule has 0 bridgehead atoms. The van der Waals surface area contributed by atoms with Gasteiger partial charge < -0.3 is 15.2 Å². The highest BCUT2D eigenvalue weighted by molar-refractivity contribution is 7.80. The Labute approximate surface area is 105 Å². The van der Waals surface area contributed by atoms with Crippen LogP contribution in [0.5, 0.6) is 11.5 Å². The van der Waals surface area contributed by atoms with E-state index in [1.54, 1.807) is 25.2 Å². The summed E-state index contributed by atoms with van der Waals surface area (Å²) in [6.45, 7) is 2.35. The quantitative estimate of drug-likeness (QED) is 0.428. The number of nitrogens with zero attached hydrogens (tertiary/aromatic N) is 1. The maximum absolute atomic E-state index is 9.85. The van der Waals surface area contributed by atoms with Crippen molar-refractivity contribution in [1.82, 2.24) is 10.7 Å². The number of ether oxygens (including phenoxy) is 1. The summed E-state index contributed by atoms with van der Waals surface area (Å²) in [4.78, 5) is 0. The van der Waals surface area contributed by atoms with Gasteiger partial charge in [0.05, 0.1) is 12.8 Å². The normalized spacial score (nSPS) is 10.2. The van der Waals surface area contributed by atoms with Gasteiger partial charge in [-0.05, 0) is 31.3 Å². The van der Waals surface area contributed by atoms with Gasteiger partial charge in [-0.3, -0.25) is 5.43 Å². The predicted octanol–water partition coefficient (Wildman–Crippen LogP) is 1.22. The second kappa shape index (κ2) is 6.70. The second-order valence-corrected chi connectivity index (χ2v) is 3.48. The first-order valence-corrected chi connectivity index (χ1v) is 5.55. The van der Waals surface area contributed by atoms with Crippen LogP contribution in [0, 0.1) is 0 Å². The molecule has 0 radical (unpaired) electrons. The van der Waals surface area contributed by atoms with Gasteiger partial charge in [-0.25, -0.2) is 0 Å². The molecular weight excluding hydrogens is 238 g/mol. The number of hydrogen-bond donors (Lipinski definition) is 3.